The molecular weight excluding hydrogens is 368 g/mol. The summed E-state index contributed by atoms with van der Waals surface area (Å²) in [6.07, 6.45) is 0. The Morgan fingerprint density at radius 3 is 2.62 bits per heavy atom. The molecule has 0 fully saturated rings. The van der Waals surface area contributed by atoms with Gasteiger partial charge in [0.1, 0.15) is 5.56 Å². The number of carboxylic acid groups (broad SMARTS) is 1. The molecule has 0 unspecified atom stereocenters. The molecule has 2 aromatic rings. The predicted octanol–water partition coefficient (Wildman–Crippen LogP) is 0.782. The average Bonchev–Trinajstić information content (AvgIpc) is 2.71. The number of halogens is 1. The fourth-order valence-electron chi connectivity index (χ4n) is 1.60. The molecule has 21 heavy (non-hydrogen) atoms. The van der Waals surface area contributed by atoms with Crippen LogP contribution >= 0.6 is 15.9 Å². The first-order valence-corrected chi connectivity index (χ1v) is 7.65. The molecule has 0 bridgehead atoms. The maximum Gasteiger partial charge on any atom is 0.339 e. The molecule has 0 spiro atoms. The van der Waals surface area contributed by atoms with Crippen molar-refractivity contribution in [3.8, 4) is 5.75 Å². The number of aryl methyl sites for hydroxylation is 1. The normalized spacial score (nSPS) is 11.3. The van der Waals surface area contributed by atoms with E-state index in [4.69, 9.17) is 5.11 Å². The number of phenols is 1. The summed E-state index contributed by atoms with van der Waals surface area (Å²) in [5.41, 5.74) is -0.680. The third kappa shape index (κ3) is 2.83. The highest BCUT2D eigenvalue weighted by molar-refractivity contribution is 9.10. The van der Waals surface area contributed by atoms with Gasteiger partial charge in [0.05, 0.1) is 5.69 Å². The maximum atomic E-state index is 12.2. The van der Waals surface area contributed by atoms with Crippen LogP contribution < -0.4 is 4.72 Å². The Kier molecular flexibility index (Phi) is 3.87. The Bertz CT molecular complexity index is 797. The molecule has 0 saturated carbocycles. The molecule has 0 radical (unpaired) electrons. The summed E-state index contributed by atoms with van der Waals surface area (Å²) in [4.78, 5) is 10.9. The van der Waals surface area contributed by atoms with Crippen molar-refractivity contribution in [3.05, 3.63) is 28.4 Å². The smallest absolute Gasteiger partial charge is 0.339 e. The van der Waals surface area contributed by atoms with Gasteiger partial charge in [-0.2, -0.15) is 8.42 Å². The van der Waals surface area contributed by atoms with Crippen molar-refractivity contribution in [2.75, 3.05) is 4.72 Å². The summed E-state index contributed by atoms with van der Waals surface area (Å²) < 4.78 is 27.6. The Morgan fingerprint density at radius 1 is 1.43 bits per heavy atom. The van der Waals surface area contributed by atoms with E-state index < -0.39 is 27.3 Å². The number of benzene rings is 1. The fraction of sp³-hybridized carbons (Fsp3) is 0.100. The van der Waals surface area contributed by atoms with E-state index in [2.05, 4.69) is 31.0 Å². The van der Waals surface area contributed by atoms with Crippen LogP contribution in [0.15, 0.2) is 27.8 Å². The van der Waals surface area contributed by atoms with Gasteiger partial charge in [0.15, 0.2) is 10.4 Å². The fourth-order valence-corrected chi connectivity index (χ4v) is 3.76. The number of nitrogens with one attached hydrogen (secondary N) is 1. The van der Waals surface area contributed by atoms with Crippen LogP contribution in [0.3, 0.4) is 0 Å². The number of carboxylic acids is 1. The van der Waals surface area contributed by atoms with Crippen molar-refractivity contribution in [2.24, 2.45) is 7.05 Å². The van der Waals surface area contributed by atoms with Crippen LogP contribution in [0.1, 0.15) is 10.4 Å². The number of rotatable bonds is 4. The van der Waals surface area contributed by atoms with E-state index >= 15 is 0 Å². The molecule has 2 rings (SSSR count). The topological polar surface area (TPSA) is 134 Å². The predicted molar refractivity (Wildman–Crippen MR) is 74.6 cm³/mol. The van der Waals surface area contributed by atoms with E-state index in [1.165, 1.54) is 19.2 Å². The second-order valence-corrected chi connectivity index (χ2v) is 6.27. The molecule has 11 heteroatoms. The van der Waals surface area contributed by atoms with Gasteiger partial charge in [-0.3, -0.25) is 4.72 Å². The summed E-state index contributed by atoms with van der Waals surface area (Å²) in [6, 6.07) is 3.69. The van der Waals surface area contributed by atoms with Gasteiger partial charge in [-0.1, -0.05) is 11.3 Å². The zero-order chi connectivity index (χ0) is 15.8. The Balaban J connectivity index is 2.48. The third-order valence-corrected chi connectivity index (χ3v) is 4.75. The number of aromatic hydroxyl groups is 1. The lowest BCUT2D eigenvalue weighted by Gasteiger charge is -2.10. The average molecular weight is 377 g/mol. The maximum absolute atomic E-state index is 12.2. The molecule has 112 valence electrons. The number of anilines is 1. The molecule has 0 atom stereocenters. The second-order valence-electron chi connectivity index (χ2n) is 3.92. The van der Waals surface area contributed by atoms with Crippen LogP contribution in [0.5, 0.6) is 5.75 Å². The van der Waals surface area contributed by atoms with E-state index in [1.54, 1.807) is 0 Å². The number of para-hydroxylation sites is 1. The molecule has 0 aliphatic rings. The minimum atomic E-state index is -4.11. The summed E-state index contributed by atoms with van der Waals surface area (Å²) in [5, 5.41) is 25.5. The van der Waals surface area contributed by atoms with Crippen LogP contribution in [-0.2, 0) is 17.1 Å². The second kappa shape index (κ2) is 5.33. The van der Waals surface area contributed by atoms with Crippen molar-refractivity contribution < 1.29 is 23.4 Å². The van der Waals surface area contributed by atoms with Crippen molar-refractivity contribution in [3.63, 3.8) is 0 Å². The lowest BCUT2D eigenvalue weighted by Crippen LogP contribution is -2.17. The molecule has 0 aliphatic carbocycles. The molecule has 0 aliphatic heterocycles. The number of nitrogens with zero attached hydrogens (tertiary/aromatic N) is 3. The molecule has 9 nitrogen and oxygen atoms in total. The minimum absolute atomic E-state index is 0.00798. The lowest BCUT2D eigenvalue weighted by atomic mass is 10.2. The van der Waals surface area contributed by atoms with Gasteiger partial charge in [-0.15, -0.1) is 5.10 Å². The summed E-state index contributed by atoms with van der Waals surface area (Å²) in [6.45, 7) is 0. The van der Waals surface area contributed by atoms with Gasteiger partial charge >= 0.3 is 5.97 Å². The Labute approximate surface area is 127 Å². The molecule has 3 N–H and O–H groups in total. The van der Waals surface area contributed by atoms with Gasteiger partial charge < -0.3 is 10.2 Å². The van der Waals surface area contributed by atoms with E-state index in [-0.39, 0.29) is 15.3 Å². The zero-order valence-electron chi connectivity index (χ0n) is 10.5. The van der Waals surface area contributed by atoms with Gasteiger partial charge in [0.2, 0.25) is 5.03 Å². The summed E-state index contributed by atoms with van der Waals surface area (Å²) in [7, 11) is -2.73. The van der Waals surface area contributed by atoms with Crippen LogP contribution in [0.2, 0.25) is 0 Å². The SMILES string of the molecule is Cn1nnc(Br)c1S(=O)(=O)Nc1cccc(C(=O)O)c1O. The van der Waals surface area contributed by atoms with Crippen molar-refractivity contribution in [1.82, 2.24) is 15.0 Å². The van der Waals surface area contributed by atoms with Crippen molar-refractivity contribution in [2.45, 2.75) is 5.03 Å². The van der Waals surface area contributed by atoms with Gasteiger partial charge in [0.25, 0.3) is 10.0 Å². The van der Waals surface area contributed by atoms with E-state index in [0.29, 0.717) is 0 Å². The highest BCUT2D eigenvalue weighted by Crippen LogP contribution is 2.30. The Morgan fingerprint density at radius 2 is 2.10 bits per heavy atom. The highest BCUT2D eigenvalue weighted by Gasteiger charge is 2.25. The van der Waals surface area contributed by atoms with Gasteiger partial charge in [-0.25, -0.2) is 9.48 Å². The molecule has 1 aromatic heterocycles. The number of sulfonamides is 1. The van der Waals surface area contributed by atoms with E-state index in [0.717, 1.165) is 10.7 Å². The lowest BCUT2D eigenvalue weighted by molar-refractivity contribution is 0.0694. The third-order valence-electron chi connectivity index (χ3n) is 2.50. The van der Waals surface area contributed by atoms with Crippen molar-refractivity contribution in [1.29, 1.82) is 0 Å². The molecule has 0 amide bonds. The number of aromatic carboxylic acids is 1. The van der Waals surface area contributed by atoms with E-state index in [1.807, 2.05) is 0 Å². The quantitative estimate of drug-likeness (QED) is 0.671. The first-order chi connectivity index (χ1) is 9.74. The highest BCUT2D eigenvalue weighted by atomic mass is 79.9. The number of aromatic nitrogens is 3. The largest absolute Gasteiger partial charge is 0.505 e. The van der Waals surface area contributed by atoms with Crippen molar-refractivity contribution >= 4 is 37.6 Å². The Hall–Kier alpha value is -2.14. The standard InChI is InChI=1S/C10H9BrN4O5S/c1-15-9(8(11)12-14-15)21(19,20)13-6-4-2-3-5(7(6)16)10(17)18/h2-4,13,16H,1H3,(H,17,18). The van der Waals surface area contributed by atoms with Crippen LogP contribution in [0.25, 0.3) is 0 Å². The monoisotopic (exact) mass is 376 g/mol. The molecule has 1 heterocycles. The van der Waals surface area contributed by atoms with Crippen LogP contribution in [0.4, 0.5) is 5.69 Å². The van der Waals surface area contributed by atoms with Crippen LogP contribution in [-0.4, -0.2) is 39.6 Å². The number of hydrogen-bond acceptors (Lipinski definition) is 6. The van der Waals surface area contributed by atoms with Gasteiger partial charge in [-0.05, 0) is 28.1 Å². The van der Waals surface area contributed by atoms with Crippen LogP contribution in [0, 0.1) is 0 Å². The number of carbonyl (C=O) groups is 1. The molecule has 1 aromatic carbocycles. The van der Waals surface area contributed by atoms with Gasteiger partial charge in [0, 0.05) is 7.05 Å². The molecular formula is C10H9BrN4O5S. The summed E-state index contributed by atoms with van der Waals surface area (Å²) >= 11 is 2.95. The van der Waals surface area contributed by atoms with E-state index in [9.17, 15) is 18.3 Å². The minimum Gasteiger partial charge on any atom is -0.505 e. The number of hydrogen-bond donors (Lipinski definition) is 3. The summed E-state index contributed by atoms with van der Waals surface area (Å²) in [5.74, 6) is -2.06. The first kappa shape index (κ1) is 15.3. The zero-order valence-corrected chi connectivity index (χ0v) is 12.9. The molecule has 0 saturated heterocycles. The first-order valence-electron chi connectivity index (χ1n) is 5.37.